The summed E-state index contributed by atoms with van der Waals surface area (Å²) in [6.45, 7) is 9.38. The summed E-state index contributed by atoms with van der Waals surface area (Å²) in [5, 5.41) is 3.30. The van der Waals surface area contributed by atoms with Crippen LogP contribution < -0.4 is 5.32 Å². The van der Waals surface area contributed by atoms with E-state index in [0.717, 1.165) is 5.56 Å². The van der Waals surface area contributed by atoms with Gasteiger partial charge in [0.1, 0.15) is 0 Å². The molecule has 0 aliphatic carbocycles. The largest absolute Gasteiger partial charge is 0.311 e. The van der Waals surface area contributed by atoms with Crippen LogP contribution in [0.4, 0.5) is 0 Å². The van der Waals surface area contributed by atoms with Gasteiger partial charge in [0.05, 0.1) is 4.90 Å². The van der Waals surface area contributed by atoms with Crippen LogP contribution in [0.2, 0.25) is 0 Å². The number of halogens is 1. The number of sulfonamides is 1. The lowest BCUT2D eigenvalue weighted by Gasteiger charge is -2.36. The third-order valence-corrected chi connectivity index (χ3v) is 5.85. The minimum Gasteiger partial charge on any atom is -0.311 e. The first-order valence-electron chi connectivity index (χ1n) is 7.17. The quantitative estimate of drug-likeness (QED) is 0.925. The van der Waals surface area contributed by atoms with E-state index in [4.69, 9.17) is 0 Å². The van der Waals surface area contributed by atoms with Crippen molar-refractivity contribution >= 4 is 22.4 Å². The highest BCUT2D eigenvalue weighted by Crippen LogP contribution is 2.23. The maximum Gasteiger partial charge on any atom is 0.243 e. The van der Waals surface area contributed by atoms with Crippen molar-refractivity contribution < 1.29 is 8.42 Å². The van der Waals surface area contributed by atoms with Crippen molar-refractivity contribution in [3.8, 4) is 0 Å². The maximum absolute atomic E-state index is 12.7. The topological polar surface area (TPSA) is 49.4 Å². The van der Waals surface area contributed by atoms with Gasteiger partial charge in [-0.2, -0.15) is 4.31 Å². The summed E-state index contributed by atoms with van der Waals surface area (Å²) in [6.07, 6.45) is 0. The zero-order valence-electron chi connectivity index (χ0n) is 13.0. The second kappa shape index (κ2) is 7.09. The fraction of sp³-hybridized carbons (Fsp3) is 0.600. The van der Waals surface area contributed by atoms with Crippen molar-refractivity contribution in [2.45, 2.75) is 50.6 Å². The molecule has 0 aromatic heterocycles. The van der Waals surface area contributed by atoms with Crippen LogP contribution in [0, 0.1) is 0 Å². The summed E-state index contributed by atoms with van der Waals surface area (Å²) in [4.78, 5) is 0.392. The molecule has 1 aliphatic heterocycles. The standard InChI is InChI=1S/C15H24N2O2S.ClH/c1-11(2)14-5-7-15(8-6-14)20(18,19)17-10-12(3)16-9-13(17)4;/h5-8,11-13,16H,9-10H2,1-4H3;1H. The Balaban J connectivity index is 0.00000220. The van der Waals surface area contributed by atoms with Gasteiger partial charge in [0.15, 0.2) is 0 Å². The Hall–Kier alpha value is -0.620. The van der Waals surface area contributed by atoms with Crippen molar-refractivity contribution in [2.24, 2.45) is 0 Å². The molecular formula is C15H25ClN2O2S. The second-order valence-corrected chi connectivity index (χ2v) is 7.85. The molecule has 0 radical (unpaired) electrons. The Bertz CT molecular complexity index is 558. The minimum atomic E-state index is -3.39. The lowest BCUT2D eigenvalue weighted by Crippen LogP contribution is -2.56. The van der Waals surface area contributed by atoms with E-state index in [0.29, 0.717) is 23.9 Å². The van der Waals surface area contributed by atoms with E-state index in [2.05, 4.69) is 19.2 Å². The van der Waals surface area contributed by atoms with Crippen molar-refractivity contribution in [2.75, 3.05) is 13.1 Å². The molecule has 0 saturated carbocycles. The molecule has 2 unspecified atom stereocenters. The summed E-state index contributed by atoms with van der Waals surface area (Å²) < 4.78 is 27.1. The molecule has 1 heterocycles. The van der Waals surface area contributed by atoms with Gasteiger partial charge in [-0.3, -0.25) is 0 Å². The van der Waals surface area contributed by atoms with Crippen LogP contribution in [-0.4, -0.2) is 37.9 Å². The van der Waals surface area contributed by atoms with Gasteiger partial charge in [-0.15, -0.1) is 12.4 Å². The summed E-state index contributed by atoms with van der Waals surface area (Å²) in [5.41, 5.74) is 1.16. The Morgan fingerprint density at radius 2 is 1.76 bits per heavy atom. The number of piperazine rings is 1. The van der Waals surface area contributed by atoms with E-state index >= 15 is 0 Å². The molecule has 1 aromatic carbocycles. The molecule has 1 fully saturated rings. The molecule has 1 aromatic rings. The average molecular weight is 333 g/mol. The Morgan fingerprint density at radius 1 is 1.19 bits per heavy atom. The normalized spacial score (nSPS) is 23.9. The minimum absolute atomic E-state index is 0. The summed E-state index contributed by atoms with van der Waals surface area (Å²) >= 11 is 0. The summed E-state index contributed by atoms with van der Waals surface area (Å²) in [5.74, 6) is 0.407. The van der Waals surface area contributed by atoms with Crippen LogP contribution >= 0.6 is 12.4 Å². The van der Waals surface area contributed by atoms with Crippen LogP contribution in [0.5, 0.6) is 0 Å². The molecule has 21 heavy (non-hydrogen) atoms. The Labute approximate surface area is 134 Å². The molecule has 4 nitrogen and oxygen atoms in total. The van der Waals surface area contributed by atoms with E-state index in [1.54, 1.807) is 16.4 Å². The predicted molar refractivity (Wildman–Crippen MR) is 88.6 cm³/mol. The fourth-order valence-corrected chi connectivity index (χ4v) is 4.20. The SMILES string of the molecule is CC1CN(S(=O)(=O)c2ccc(C(C)C)cc2)C(C)CN1.Cl. The molecule has 1 saturated heterocycles. The van der Waals surface area contributed by atoms with Crippen LogP contribution in [0.3, 0.4) is 0 Å². The van der Waals surface area contributed by atoms with Gasteiger partial charge in [-0.25, -0.2) is 8.42 Å². The summed E-state index contributed by atoms with van der Waals surface area (Å²) in [7, 11) is -3.39. The zero-order chi connectivity index (χ0) is 14.9. The molecule has 120 valence electrons. The molecule has 0 spiro atoms. The number of nitrogens with one attached hydrogen (secondary N) is 1. The van der Waals surface area contributed by atoms with Gasteiger partial charge < -0.3 is 5.32 Å². The molecule has 1 N–H and O–H groups in total. The first-order chi connectivity index (χ1) is 9.32. The van der Waals surface area contributed by atoms with Gasteiger partial charge in [0, 0.05) is 25.2 Å². The first kappa shape index (κ1) is 18.4. The number of nitrogens with zero attached hydrogens (tertiary/aromatic N) is 1. The van der Waals surface area contributed by atoms with E-state index in [-0.39, 0.29) is 24.5 Å². The van der Waals surface area contributed by atoms with Crippen LogP contribution in [-0.2, 0) is 10.0 Å². The first-order valence-corrected chi connectivity index (χ1v) is 8.61. The number of hydrogen-bond donors (Lipinski definition) is 1. The molecule has 2 rings (SSSR count). The van der Waals surface area contributed by atoms with E-state index in [9.17, 15) is 8.42 Å². The monoisotopic (exact) mass is 332 g/mol. The third kappa shape index (κ3) is 3.97. The van der Waals surface area contributed by atoms with Crippen LogP contribution in [0.15, 0.2) is 29.2 Å². The second-order valence-electron chi connectivity index (χ2n) is 5.96. The van der Waals surface area contributed by atoms with E-state index in [1.165, 1.54) is 0 Å². The molecular weight excluding hydrogens is 308 g/mol. The lowest BCUT2D eigenvalue weighted by molar-refractivity contribution is 0.244. The molecule has 0 bridgehead atoms. The van der Waals surface area contributed by atoms with E-state index in [1.807, 2.05) is 26.0 Å². The molecule has 0 amide bonds. The Kier molecular flexibility index (Phi) is 6.23. The molecule has 6 heteroatoms. The van der Waals surface area contributed by atoms with Crippen LogP contribution in [0.1, 0.15) is 39.2 Å². The summed E-state index contributed by atoms with van der Waals surface area (Å²) in [6, 6.07) is 7.45. The van der Waals surface area contributed by atoms with Gasteiger partial charge in [-0.1, -0.05) is 26.0 Å². The zero-order valence-corrected chi connectivity index (χ0v) is 14.7. The van der Waals surface area contributed by atoms with Gasteiger partial charge >= 0.3 is 0 Å². The average Bonchev–Trinajstić information content (AvgIpc) is 2.41. The molecule has 1 aliphatic rings. The molecule has 2 atom stereocenters. The van der Waals surface area contributed by atoms with Crippen molar-refractivity contribution in [3.05, 3.63) is 29.8 Å². The maximum atomic E-state index is 12.7. The predicted octanol–water partition coefficient (Wildman–Crippen LogP) is 2.60. The van der Waals surface area contributed by atoms with Crippen molar-refractivity contribution in [1.82, 2.24) is 9.62 Å². The third-order valence-electron chi connectivity index (χ3n) is 3.86. The highest BCUT2D eigenvalue weighted by atomic mass is 35.5. The fourth-order valence-electron chi connectivity index (χ4n) is 2.48. The lowest BCUT2D eigenvalue weighted by atomic mass is 10.0. The number of rotatable bonds is 3. The van der Waals surface area contributed by atoms with Crippen molar-refractivity contribution in [3.63, 3.8) is 0 Å². The highest BCUT2D eigenvalue weighted by molar-refractivity contribution is 7.89. The van der Waals surface area contributed by atoms with Crippen molar-refractivity contribution in [1.29, 1.82) is 0 Å². The van der Waals surface area contributed by atoms with Crippen LogP contribution in [0.25, 0.3) is 0 Å². The van der Waals surface area contributed by atoms with E-state index < -0.39 is 10.0 Å². The number of benzene rings is 1. The highest BCUT2D eigenvalue weighted by Gasteiger charge is 2.33. The van der Waals surface area contributed by atoms with Gasteiger partial charge in [0.2, 0.25) is 10.0 Å². The smallest absolute Gasteiger partial charge is 0.243 e. The Morgan fingerprint density at radius 3 is 2.29 bits per heavy atom. The number of hydrogen-bond acceptors (Lipinski definition) is 3. The van der Waals surface area contributed by atoms with Gasteiger partial charge in [0.25, 0.3) is 0 Å². The van der Waals surface area contributed by atoms with Gasteiger partial charge in [-0.05, 0) is 37.5 Å².